The van der Waals surface area contributed by atoms with Crippen molar-refractivity contribution in [3.05, 3.63) is 58.6 Å². The maximum Gasteiger partial charge on any atom is 0.336 e. The molecule has 19 heavy (non-hydrogen) atoms. The maximum absolute atomic E-state index is 12.9. The van der Waals surface area contributed by atoms with Crippen LogP contribution < -0.4 is 4.74 Å². The van der Waals surface area contributed by atoms with Crippen LogP contribution in [0.5, 0.6) is 5.75 Å². The number of halogens is 2. The Labute approximate surface area is 113 Å². The van der Waals surface area contributed by atoms with E-state index in [0.29, 0.717) is 10.6 Å². The van der Waals surface area contributed by atoms with Crippen molar-refractivity contribution >= 4 is 17.6 Å². The first-order valence-electron chi connectivity index (χ1n) is 5.31. The second kappa shape index (κ2) is 5.67. The molecule has 0 aliphatic heterocycles. The summed E-state index contributed by atoms with van der Waals surface area (Å²) in [6.45, 7) is -0.00998. The number of nitrogens with zero attached hydrogens (tertiary/aromatic N) is 1. The van der Waals surface area contributed by atoms with Gasteiger partial charge in [-0.15, -0.1) is 0 Å². The molecule has 0 spiro atoms. The molecular formula is C13H9ClFNO3. The zero-order chi connectivity index (χ0) is 13.8. The van der Waals surface area contributed by atoms with Crippen molar-refractivity contribution in [2.75, 3.05) is 0 Å². The van der Waals surface area contributed by atoms with Gasteiger partial charge in [0.1, 0.15) is 18.2 Å². The molecule has 1 N–H and O–H groups in total. The van der Waals surface area contributed by atoms with Crippen LogP contribution >= 0.6 is 11.6 Å². The molecule has 0 saturated heterocycles. The zero-order valence-electron chi connectivity index (χ0n) is 9.64. The summed E-state index contributed by atoms with van der Waals surface area (Å²) in [5.41, 5.74) is 0.498. The third-order valence-corrected chi connectivity index (χ3v) is 2.61. The summed E-state index contributed by atoms with van der Waals surface area (Å²) in [5, 5.41) is 9.37. The van der Waals surface area contributed by atoms with Gasteiger partial charge in [-0.05, 0) is 12.1 Å². The Morgan fingerprint density at radius 3 is 2.84 bits per heavy atom. The number of carboxylic acids is 1. The molecule has 2 aromatic rings. The monoisotopic (exact) mass is 281 g/mol. The van der Waals surface area contributed by atoms with Crippen LogP contribution in [0.1, 0.15) is 15.9 Å². The van der Waals surface area contributed by atoms with Gasteiger partial charge in [0.2, 0.25) is 0 Å². The van der Waals surface area contributed by atoms with E-state index in [0.717, 1.165) is 6.20 Å². The number of benzene rings is 1. The predicted octanol–water partition coefficient (Wildman–Crippen LogP) is 3.15. The molecule has 0 bridgehead atoms. The Balaban J connectivity index is 2.17. The highest BCUT2D eigenvalue weighted by Crippen LogP contribution is 2.19. The number of carboxylic acid groups (broad SMARTS) is 1. The number of carbonyl (C=O) groups is 1. The third-order valence-electron chi connectivity index (χ3n) is 2.38. The highest BCUT2D eigenvalue weighted by molar-refractivity contribution is 6.30. The van der Waals surface area contributed by atoms with Crippen LogP contribution in [0, 0.1) is 5.82 Å². The van der Waals surface area contributed by atoms with Crippen molar-refractivity contribution in [3.8, 4) is 5.75 Å². The van der Waals surface area contributed by atoms with Gasteiger partial charge < -0.3 is 9.84 Å². The summed E-state index contributed by atoms with van der Waals surface area (Å²) in [5.74, 6) is -1.39. The normalized spacial score (nSPS) is 10.2. The van der Waals surface area contributed by atoms with Crippen molar-refractivity contribution in [2.45, 2.75) is 6.61 Å². The highest BCUT2D eigenvalue weighted by Gasteiger charge is 2.11. The molecule has 4 nitrogen and oxygen atoms in total. The lowest BCUT2D eigenvalue weighted by Gasteiger charge is -2.08. The molecule has 0 aliphatic rings. The Morgan fingerprint density at radius 1 is 1.37 bits per heavy atom. The fraction of sp³-hybridized carbons (Fsp3) is 0.0769. The summed E-state index contributed by atoms with van der Waals surface area (Å²) in [4.78, 5) is 14.7. The van der Waals surface area contributed by atoms with Gasteiger partial charge in [0, 0.05) is 16.7 Å². The van der Waals surface area contributed by atoms with Gasteiger partial charge in [0.15, 0.2) is 0 Å². The maximum atomic E-state index is 12.9. The molecular weight excluding hydrogens is 273 g/mol. The Kier molecular flexibility index (Phi) is 3.97. The molecule has 2 rings (SSSR count). The smallest absolute Gasteiger partial charge is 0.336 e. The minimum absolute atomic E-state index is 0.00998. The second-order valence-corrected chi connectivity index (χ2v) is 4.17. The number of rotatable bonds is 4. The van der Waals surface area contributed by atoms with Gasteiger partial charge in [0.05, 0.1) is 18.0 Å². The molecule has 1 aromatic carbocycles. The van der Waals surface area contributed by atoms with Gasteiger partial charge >= 0.3 is 5.97 Å². The number of aromatic carboxylic acids is 1. The van der Waals surface area contributed by atoms with Crippen molar-refractivity contribution in [1.29, 1.82) is 0 Å². The van der Waals surface area contributed by atoms with Crippen LogP contribution in [-0.4, -0.2) is 16.1 Å². The quantitative estimate of drug-likeness (QED) is 0.935. The topological polar surface area (TPSA) is 59.4 Å². The summed E-state index contributed by atoms with van der Waals surface area (Å²) < 4.78 is 18.2. The lowest BCUT2D eigenvalue weighted by Crippen LogP contribution is -2.05. The molecule has 0 saturated carbocycles. The van der Waals surface area contributed by atoms with Crippen molar-refractivity contribution in [2.24, 2.45) is 0 Å². The van der Waals surface area contributed by atoms with Crippen LogP contribution in [0.2, 0.25) is 5.02 Å². The van der Waals surface area contributed by atoms with E-state index >= 15 is 0 Å². The van der Waals surface area contributed by atoms with E-state index in [2.05, 4.69) is 4.98 Å². The molecule has 0 amide bonds. The average Bonchev–Trinajstić information content (AvgIpc) is 2.37. The first-order valence-corrected chi connectivity index (χ1v) is 5.69. The van der Waals surface area contributed by atoms with E-state index in [1.165, 1.54) is 18.3 Å². The van der Waals surface area contributed by atoms with Gasteiger partial charge in [-0.2, -0.15) is 0 Å². The van der Waals surface area contributed by atoms with E-state index in [1.54, 1.807) is 12.1 Å². The van der Waals surface area contributed by atoms with Gasteiger partial charge in [-0.1, -0.05) is 17.7 Å². The summed E-state index contributed by atoms with van der Waals surface area (Å²) in [6, 6.07) is 5.63. The first kappa shape index (κ1) is 13.3. The van der Waals surface area contributed by atoms with Crippen LogP contribution in [0.25, 0.3) is 0 Å². The molecule has 6 heteroatoms. The van der Waals surface area contributed by atoms with Crippen LogP contribution in [0.15, 0.2) is 36.7 Å². The first-order chi connectivity index (χ1) is 9.06. The highest BCUT2D eigenvalue weighted by atomic mass is 35.5. The van der Waals surface area contributed by atoms with Crippen LogP contribution in [0.4, 0.5) is 4.39 Å². The number of hydrogen-bond donors (Lipinski definition) is 1. The van der Waals surface area contributed by atoms with E-state index < -0.39 is 11.8 Å². The largest absolute Gasteiger partial charge is 0.487 e. The molecule has 0 unspecified atom stereocenters. The molecule has 1 heterocycles. The predicted molar refractivity (Wildman–Crippen MR) is 66.9 cm³/mol. The van der Waals surface area contributed by atoms with Gasteiger partial charge in [-0.25, -0.2) is 9.18 Å². The van der Waals surface area contributed by atoms with Gasteiger partial charge in [-0.3, -0.25) is 4.98 Å². The molecule has 0 radical (unpaired) electrons. The fourth-order valence-electron chi connectivity index (χ4n) is 1.51. The number of ether oxygens (including phenoxy) is 1. The van der Waals surface area contributed by atoms with E-state index in [1.807, 2.05) is 0 Å². The van der Waals surface area contributed by atoms with Gasteiger partial charge in [0.25, 0.3) is 0 Å². The lowest BCUT2D eigenvalue weighted by atomic mass is 10.1. The lowest BCUT2D eigenvalue weighted by molar-refractivity contribution is 0.0694. The Bertz CT molecular complexity index is 619. The van der Waals surface area contributed by atoms with Crippen LogP contribution in [0.3, 0.4) is 0 Å². The minimum Gasteiger partial charge on any atom is -0.487 e. The minimum atomic E-state index is -1.10. The SMILES string of the molecule is O=C(O)c1cc(Cl)ccc1COc1cncc(F)c1. The second-order valence-electron chi connectivity index (χ2n) is 3.73. The number of hydrogen-bond acceptors (Lipinski definition) is 3. The Morgan fingerprint density at radius 2 is 2.16 bits per heavy atom. The van der Waals surface area contributed by atoms with Crippen LogP contribution in [-0.2, 0) is 6.61 Å². The Hall–Kier alpha value is -2.14. The molecule has 98 valence electrons. The fourth-order valence-corrected chi connectivity index (χ4v) is 1.68. The summed E-state index contributed by atoms with van der Waals surface area (Å²) >= 11 is 5.74. The van der Waals surface area contributed by atoms with Crippen molar-refractivity contribution in [3.63, 3.8) is 0 Å². The van der Waals surface area contributed by atoms with Crippen molar-refractivity contribution < 1.29 is 19.0 Å². The standard InChI is InChI=1S/C13H9ClFNO3/c14-9-2-1-8(12(3-9)13(17)18)7-19-11-4-10(15)5-16-6-11/h1-6H,7H2,(H,17,18). The summed E-state index contributed by atoms with van der Waals surface area (Å²) in [6.07, 6.45) is 2.40. The summed E-state index contributed by atoms with van der Waals surface area (Å²) in [7, 11) is 0. The third kappa shape index (κ3) is 3.42. The van der Waals surface area contributed by atoms with E-state index in [4.69, 9.17) is 21.4 Å². The average molecular weight is 282 g/mol. The van der Waals surface area contributed by atoms with E-state index in [9.17, 15) is 9.18 Å². The van der Waals surface area contributed by atoms with E-state index in [-0.39, 0.29) is 17.9 Å². The molecule has 1 aromatic heterocycles. The number of pyridine rings is 1. The number of aromatic nitrogens is 1. The van der Waals surface area contributed by atoms with Crippen molar-refractivity contribution in [1.82, 2.24) is 4.98 Å². The molecule has 0 aliphatic carbocycles. The zero-order valence-corrected chi connectivity index (χ0v) is 10.4. The molecule has 0 atom stereocenters. The molecule has 0 fully saturated rings.